The first-order valence-corrected chi connectivity index (χ1v) is 3.83. The molecule has 1 atom stereocenters. The highest BCUT2D eigenvalue weighted by Gasteiger charge is 2.82. The number of nitro groups is 1. The lowest BCUT2D eigenvalue weighted by Crippen LogP contribution is -2.61. The second-order valence-electron chi connectivity index (χ2n) is 3.01. The van der Waals surface area contributed by atoms with Gasteiger partial charge in [0.2, 0.25) is 0 Å². The molecule has 0 aromatic rings. The third kappa shape index (κ3) is 2.85. The van der Waals surface area contributed by atoms with Crippen molar-refractivity contribution in [2.45, 2.75) is 30.4 Å². The van der Waals surface area contributed by atoms with E-state index in [1.165, 1.54) is 0 Å². The van der Waals surface area contributed by atoms with Gasteiger partial charge in [-0.1, -0.05) is 0 Å². The van der Waals surface area contributed by atoms with Gasteiger partial charge in [0.05, 0.1) is 0 Å². The van der Waals surface area contributed by atoms with Gasteiger partial charge < -0.3 is 0 Å². The summed E-state index contributed by atoms with van der Waals surface area (Å²) in [6.07, 6.45) is -21.3. The first-order chi connectivity index (χ1) is 8.40. The van der Waals surface area contributed by atoms with E-state index in [2.05, 4.69) is 0 Å². The highest BCUT2D eigenvalue weighted by Crippen LogP contribution is 2.50. The fourth-order valence-corrected chi connectivity index (χ4v) is 0.598. The molecule has 0 aliphatic rings. The maximum Gasteiger partial charge on any atom is 0.579 e. The minimum Gasteiger partial charge on any atom is -0.259 e. The van der Waals surface area contributed by atoms with Crippen LogP contribution in [0.3, 0.4) is 0 Å². The fraction of sp³-hybridized carbons (Fsp3) is 1.00. The molecule has 0 bridgehead atoms. The Balaban J connectivity index is 5.73. The number of rotatable bonds is 4. The third-order valence-electron chi connectivity index (χ3n) is 1.57. The number of ether oxygens (including phenoxy) is 1. The normalized spacial score (nSPS) is 17.8. The Bertz CT molecular complexity index is 387. The van der Waals surface area contributed by atoms with Gasteiger partial charge in [-0.3, -0.25) is 10.1 Å². The van der Waals surface area contributed by atoms with Crippen LogP contribution in [-0.4, -0.2) is 35.3 Å². The summed E-state index contributed by atoms with van der Waals surface area (Å²) < 4.78 is 133. The molecular formula is C5F11NO3. The van der Waals surface area contributed by atoms with E-state index in [1.54, 1.807) is 4.74 Å². The van der Waals surface area contributed by atoms with Gasteiger partial charge in [0, 0.05) is 0 Å². The molecule has 0 saturated carbocycles. The van der Waals surface area contributed by atoms with Crippen molar-refractivity contribution in [3.63, 3.8) is 0 Å². The summed E-state index contributed by atoms with van der Waals surface area (Å²) in [5, 5.41) is 9.65. The molecule has 0 fully saturated rings. The zero-order chi connectivity index (χ0) is 16.8. The van der Waals surface area contributed by atoms with Crippen LogP contribution in [0.4, 0.5) is 48.3 Å². The zero-order valence-corrected chi connectivity index (χ0v) is 8.33. The van der Waals surface area contributed by atoms with Gasteiger partial charge in [0.15, 0.2) is 0 Å². The molecule has 15 heteroatoms. The molecule has 0 N–H and O–H groups in total. The average Bonchev–Trinajstić information content (AvgIpc) is 2.12. The highest BCUT2D eigenvalue weighted by atomic mass is 19.4. The average molecular weight is 331 g/mol. The van der Waals surface area contributed by atoms with Crippen molar-refractivity contribution >= 4 is 0 Å². The van der Waals surface area contributed by atoms with Crippen molar-refractivity contribution in [3.05, 3.63) is 10.1 Å². The molecule has 4 nitrogen and oxygen atoms in total. The molecule has 0 aromatic heterocycles. The Kier molecular flexibility index (Phi) is 4.24. The van der Waals surface area contributed by atoms with Crippen molar-refractivity contribution in [3.8, 4) is 0 Å². The van der Waals surface area contributed by atoms with E-state index in [1.807, 2.05) is 0 Å². The van der Waals surface area contributed by atoms with Crippen molar-refractivity contribution in [2.75, 3.05) is 0 Å². The van der Waals surface area contributed by atoms with E-state index in [-0.39, 0.29) is 0 Å². The standard InChI is InChI=1S/C5F11NO3/c6-1(7,2(8,9)10)4(14,15)20-5(16,17(18)19)3(11,12)13. The summed E-state index contributed by atoms with van der Waals surface area (Å²) in [5.41, 5.74) is 0. The quantitative estimate of drug-likeness (QED) is 0.261. The molecule has 0 aliphatic heterocycles. The zero-order valence-electron chi connectivity index (χ0n) is 8.33. The van der Waals surface area contributed by atoms with Crippen molar-refractivity contribution in [2.24, 2.45) is 0 Å². The third-order valence-corrected chi connectivity index (χ3v) is 1.57. The first-order valence-electron chi connectivity index (χ1n) is 3.83. The summed E-state index contributed by atoms with van der Waals surface area (Å²) >= 11 is 0. The topological polar surface area (TPSA) is 52.4 Å². The van der Waals surface area contributed by atoms with Gasteiger partial charge in [0.25, 0.3) is 0 Å². The van der Waals surface area contributed by atoms with Gasteiger partial charge in [0.1, 0.15) is 4.92 Å². The summed E-state index contributed by atoms with van der Waals surface area (Å²) in [6.45, 7) is 0. The molecule has 0 amide bonds. The summed E-state index contributed by atoms with van der Waals surface area (Å²) in [7, 11) is 0. The number of alkyl halides is 11. The molecular weight excluding hydrogens is 331 g/mol. The van der Waals surface area contributed by atoms with Crippen LogP contribution in [0.25, 0.3) is 0 Å². The Hall–Kier alpha value is -1.41. The predicted octanol–water partition coefficient (Wildman–Crippen LogP) is 3.26. The molecule has 0 radical (unpaired) electrons. The smallest absolute Gasteiger partial charge is 0.259 e. The molecule has 20 heavy (non-hydrogen) atoms. The summed E-state index contributed by atoms with van der Waals surface area (Å²) in [4.78, 5) is 6.38. The molecule has 0 saturated heterocycles. The maximum absolute atomic E-state index is 12.6. The van der Waals surface area contributed by atoms with Crippen molar-refractivity contribution < 1.29 is 58.0 Å². The molecule has 0 rings (SSSR count). The van der Waals surface area contributed by atoms with E-state index in [0.29, 0.717) is 0 Å². The molecule has 0 aliphatic carbocycles. The summed E-state index contributed by atoms with van der Waals surface area (Å²) in [5.74, 6) is -14.0. The Labute approximate surface area is 99.8 Å². The predicted molar refractivity (Wildman–Crippen MR) is 33.9 cm³/mol. The van der Waals surface area contributed by atoms with Crippen molar-refractivity contribution in [1.29, 1.82) is 0 Å². The number of hydrogen-bond donors (Lipinski definition) is 0. The second kappa shape index (κ2) is 4.56. The van der Waals surface area contributed by atoms with Crippen LogP contribution in [-0.2, 0) is 4.74 Å². The molecule has 120 valence electrons. The molecule has 0 heterocycles. The number of nitrogens with zero attached hydrogens (tertiary/aromatic N) is 1. The van der Waals surface area contributed by atoms with Crippen LogP contribution in [0.2, 0.25) is 0 Å². The Morgan fingerprint density at radius 1 is 0.750 bits per heavy atom. The van der Waals surface area contributed by atoms with Gasteiger partial charge in [-0.15, -0.1) is 4.39 Å². The van der Waals surface area contributed by atoms with Crippen LogP contribution >= 0.6 is 0 Å². The molecule has 0 spiro atoms. The number of hydrogen-bond acceptors (Lipinski definition) is 3. The Morgan fingerprint density at radius 3 is 1.30 bits per heavy atom. The highest BCUT2D eigenvalue weighted by molar-refractivity contribution is 4.86. The van der Waals surface area contributed by atoms with Gasteiger partial charge in [-0.2, -0.15) is 43.9 Å². The van der Waals surface area contributed by atoms with Gasteiger partial charge in [-0.05, 0) is 0 Å². The van der Waals surface area contributed by atoms with E-state index >= 15 is 0 Å². The fourth-order valence-electron chi connectivity index (χ4n) is 0.598. The minimum absolute atomic E-state index is 1.55. The van der Waals surface area contributed by atoms with Crippen LogP contribution in [0, 0.1) is 10.1 Å². The lowest BCUT2D eigenvalue weighted by atomic mass is 10.3. The van der Waals surface area contributed by atoms with Crippen LogP contribution < -0.4 is 0 Å². The lowest BCUT2D eigenvalue weighted by Gasteiger charge is -2.30. The van der Waals surface area contributed by atoms with Gasteiger partial charge in [-0.25, -0.2) is 4.74 Å². The first kappa shape index (κ1) is 18.6. The van der Waals surface area contributed by atoms with Crippen LogP contribution in [0.15, 0.2) is 0 Å². The van der Waals surface area contributed by atoms with E-state index in [0.717, 1.165) is 0 Å². The van der Waals surface area contributed by atoms with Crippen LogP contribution in [0.5, 0.6) is 0 Å². The second-order valence-corrected chi connectivity index (χ2v) is 3.01. The lowest BCUT2D eigenvalue weighted by molar-refractivity contribution is -0.732. The number of halogens is 11. The van der Waals surface area contributed by atoms with Gasteiger partial charge >= 0.3 is 30.4 Å². The van der Waals surface area contributed by atoms with Crippen molar-refractivity contribution in [1.82, 2.24) is 0 Å². The maximum atomic E-state index is 12.6. The monoisotopic (exact) mass is 331 g/mol. The summed E-state index contributed by atoms with van der Waals surface area (Å²) in [6, 6.07) is 0. The minimum atomic E-state index is -7.31. The molecule has 1 unspecified atom stereocenters. The van der Waals surface area contributed by atoms with Crippen LogP contribution in [0.1, 0.15) is 0 Å². The van der Waals surface area contributed by atoms with E-state index in [4.69, 9.17) is 0 Å². The van der Waals surface area contributed by atoms with E-state index in [9.17, 15) is 58.4 Å². The molecule has 0 aromatic carbocycles. The SMILES string of the molecule is O=[N+]([O-])C(F)(OC(F)(F)C(F)(F)C(F)(F)F)C(F)(F)F. The van der Waals surface area contributed by atoms with E-state index < -0.39 is 35.3 Å². The largest absolute Gasteiger partial charge is 0.579 e. The Morgan fingerprint density at radius 2 is 1.10 bits per heavy atom.